The first-order valence-corrected chi connectivity index (χ1v) is 6.72. The molecule has 0 radical (unpaired) electrons. The maximum absolute atomic E-state index is 3.80. The van der Waals surface area contributed by atoms with E-state index < -0.39 is 0 Å². The van der Waals surface area contributed by atoms with Crippen molar-refractivity contribution in [1.29, 1.82) is 0 Å². The molecule has 16 heavy (non-hydrogen) atoms. The third-order valence-electron chi connectivity index (χ3n) is 3.97. The van der Waals surface area contributed by atoms with Crippen molar-refractivity contribution in [3.63, 3.8) is 0 Å². The summed E-state index contributed by atoms with van der Waals surface area (Å²) in [4.78, 5) is 2.62. The minimum Gasteiger partial charge on any atom is -0.310 e. The molecule has 0 aromatic carbocycles. The van der Waals surface area contributed by atoms with Gasteiger partial charge in [-0.3, -0.25) is 0 Å². The quantitative estimate of drug-likeness (QED) is 0.716. The smallest absolute Gasteiger partial charge is 0.0308 e. The molecule has 1 N–H and O–H groups in total. The summed E-state index contributed by atoms with van der Waals surface area (Å²) in [5.74, 6) is 6.17. The number of hydrogen-bond acceptors (Lipinski definition) is 2. The summed E-state index contributed by atoms with van der Waals surface area (Å²) in [5.41, 5.74) is 0.455. The Morgan fingerprint density at radius 2 is 2.06 bits per heavy atom. The van der Waals surface area contributed by atoms with Crippen LogP contribution in [0.2, 0.25) is 0 Å². The zero-order valence-corrected chi connectivity index (χ0v) is 10.5. The van der Waals surface area contributed by atoms with E-state index >= 15 is 0 Å². The van der Waals surface area contributed by atoms with Gasteiger partial charge in [-0.15, -0.1) is 11.8 Å². The van der Waals surface area contributed by atoms with Gasteiger partial charge in [0.25, 0.3) is 0 Å². The van der Waals surface area contributed by atoms with Crippen LogP contribution in [0.15, 0.2) is 0 Å². The molecule has 1 aliphatic carbocycles. The van der Waals surface area contributed by atoms with Crippen LogP contribution in [-0.4, -0.2) is 36.6 Å². The van der Waals surface area contributed by atoms with Crippen LogP contribution in [0.4, 0.5) is 0 Å². The van der Waals surface area contributed by atoms with E-state index in [0.29, 0.717) is 5.54 Å². The van der Waals surface area contributed by atoms with Crippen molar-refractivity contribution in [2.75, 3.05) is 26.2 Å². The Kier molecular flexibility index (Phi) is 4.26. The molecule has 2 nitrogen and oxygen atoms in total. The van der Waals surface area contributed by atoms with E-state index in [-0.39, 0.29) is 0 Å². The molecule has 2 fully saturated rings. The van der Waals surface area contributed by atoms with Gasteiger partial charge in [-0.2, -0.15) is 0 Å². The van der Waals surface area contributed by atoms with E-state index in [1.807, 2.05) is 6.92 Å². The molecule has 0 unspecified atom stereocenters. The summed E-state index contributed by atoms with van der Waals surface area (Å²) >= 11 is 0. The van der Waals surface area contributed by atoms with E-state index in [2.05, 4.69) is 22.1 Å². The van der Waals surface area contributed by atoms with Crippen molar-refractivity contribution in [3.8, 4) is 11.8 Å². The van der Waals surface area contributed by atoms with Crippen molar-refractivity contribution < 1.29 is 0 Å². The lowest BCUT2D eigenvalue weighted by Gasteiger charge is -2.33. The highest BCUT2D eigenvalue weighted by Crippen LogP contribution is 2.31. The SMILES string of the molecule is CC#CCCN1CCCNC2(CCCC2)C1. The van der Waals surface area contributed by atoms with Crippen LogP contribution >= 0.6 is 0 Å². The van der Waals surface area contributed by atoms with Crippen molar-refractivity contribution in [2.24, 2.45) is 0 Å². The molecule has 2 heteroatoms. The standard InChI is InChI=1S/C14H24N2/c1-2-3-6-11-16-12-7-10-15-14(13-16)8-4-5-9-14/h15H,4-13H2,1H3. The first-order chi connectivity index (χ1) is 7.85. The third kappa shape index (κ3) is 2.99. The van der Waals surface area contributed by atoms with E-state index in [4.69, 9.17) is 0 Å². The van der Waals surface area contributed by atoms with Gasteiger partial charge in [0, 0.05) is 25.0 Å². The summed E-state index contributed by atoms with van der Waals surface area (Å²) in [7, 11) is 0. The van der Waals surface area contributed by atoms with Crippen molar-refractivity contribution >= 4 is 0 Å². The van der Waals surface area contributed by atoms with Crippen LogP contribution in [0.1, 0.15) is 45.4 Å². The fraction of sp³-hybridized carbons (Fsp3) is 0.857. The monoisotopic (exact) mass is 220 g/mol. The van der Waals surface area contributed by atoms with E-state index in [1.54, 1.807) is 0 Å². The zero-order chi connectivity index (χ0) is 11.3. The Morgan fingerprint density at radius 3 is 2.81 bits per heavy atom. The number of hydrogen-bond donors (Lipinski definition) is 1. The summed E-state index contributed by atoms with van der Waals surface area (Å²) in [5, 5.41) is 3.80. The lowest BCUT2D eigenvalue weighted by atomic mass is 9.97. The molecular formula is C14H24N2. The summed E-state index contributed by atoms with van der Waals surface area (Å²) in [6.07, 6.45) is 7.91. The van der Waals surface area contributed by atoms with E-state index in [1.165, 1.54) is 51.7 Å². The average Bonchev–Trinajstić information content (AvgIpc) is 2.63. The summed E-state index contributed by atoms with van der Waals surface area (Å²) in [6.45, 7) is 6.79. The molecule has 1 spiro atoms. The predicted molar refractivity (Wildman–Crippen MR) is 68.3 cm³/mol. The highest BCUT2D eigenvalue weighted by atomic mass is 15.2. The summed E-state index contributed by atoms with van der Waals surface area (Å²) in [6, 6.07) is 0. The van der Waals surface area contributed by atoms with Crippen LogP contribution in [0.3, 0.4) is 0 Å². The lowest BCUT2D eigenvalue weighted by molar-refractivity contribution is 0.214. The van der Waals surface area contributed by atoms with Gasteiger partial charge >= 0.3 is 0 Å². The van der Waals surface area contributed by atoms with Gasteiger partial charge in [0.1, 0.15) is 0 Å². The minimum atomic E-state index is 0.455. The molecule has 1 saturated carbocycles. The Morgan fingerprint density at radius 1 is 1.25 bits per heavy atom. The fourth-order valence-corrected chi connectivity index (χ4v) is 3.14. The molecule has 2 aliphatic rings. The Bertz CT molecular complexity index is 268. The second-order valence-corrected chi connectivity index (χ2v) is 5.22. The molecule has 1 heterocycles. The topological polar surface area (TPSA) is 15.3 Å². The molecule has 0 aromatic rings. The molecule has 1 aliphatic heterocycles. The van der Waals surface area contributed by atoms with Crippen LogP contribution in [-0.2, 0) is 0 Å². The molecular weight excluding hydrogens is 196 g/mol. The molecule has 0 bridgehead atoms. The van der Waals surface area contributed by atoms with E-state index in [0.717, 1.165) is 13.0 Å². The maximum Gasteiger partial charge on any atom is 0.0308 e. The highest BCUT2D eigenvalue weighted by Gasteiger charge is 2.35. The van der Waals surface area contributed by atoms with Crippen molar-refractivity contribution in [1.82, 2.24) is 10.2 Å². The lowest BCUT2D eigenvalue weighted by Crippen LogP contribution is -2.49. The van der Waals surface area contributed by atoms with Gasteiger partial charge < -0.3 is 10.2 Å². The van der Waals surface area contributed by atoms with Crippen LogP contribution < -0.4 is 5.32 Å². The van der Waals surface area contributed by atoms with Gasteiger partial charge in [-0.1, -0.05) is 12.8 Å². The minimum absolute atomic E-state index is 0.455. The van der Waals surface area contributed by atoms with Gasteiger partial charge in [-0.25, -0.2) is 0 Å². The third-order valence-corrected chi connectivity index (χ3v) is 3.97. The van der Waals surface area contributed by atoms with Crippen LogP contribution in [0.25, 0.3) is 0 Å². The van der Waals surface area contributed by atoms with E-state index in [9.17, 15) is 0 Å². The molecule has 0 amide bonds. The maximum atomic E-state index is 3.80. The first-order valence-electron chi connectivity index (χ1n) is 6.72. The van der Waals surface area contributed by atoms with Gasteiger partial charge in [0.2, 0.25) is 0 Å². The molecule has 0 atom stereocenters. The first kappa shape index (κ1) is 12.0. The second-order valence-electron chi connectivity index (χ2n) is 5.22. The molecule has 1 saturated heterocycles. The highest BCUT2D eigenvalue weighted by molar-refractivity contribution is 4.99. The van der Waals surface area contributed by atoms with Crippen LogP contribution in [0.5, 0.6) is 0 Å². The van der Waals surface area contributed by atoms with Gasteiger partial charge in [-0.05, 0) is 39.3 Å². The zero-order valence-electron chi connectivity index (χ0n) is 10.5. The van der Waals surface area contributed by atoms with Gasteiger partial charge in [0.15, 0.2) is 0 Å². The van der Waals surface area contributed by atoms with Crippen molar-refractivity contribution in [2.45, 2.75) is 51.0 Å². The van der Waals surface area contributed by atoms with Gasteiger partial charge in [0.05, 0.1) is 0 Å². The number of nitrogens with one attached hydrogen (secondary N) is 1. The Labute approximate surface area is 99.8 Å². The number of nitrogens with zero attached hydrogens (tertiary/aromatic N) is 1. The average molecular weight is 220 g/mol. The fourth-order valence-electron chi connectivity index (χ4n) is 3.14. The predicted octanol–water partition coefficient (Wildman–Crippen LogP) is 2.01. The molecule has 2 rings (SSSR count). The van der Waals surface area contributed by atoms with Crippen LogP contribution in [0, 0.1) is 11.8 Å². The second kappa shape index (κ2) is 5.70. The summed E-state index contributed by atoms with van der Waals surface area (Å²) < 4.78 is 0. The largest absolute Gasteiger partial charge is 0.310 e. The Hall–Kier alpha value is -0.520. The van der Waals surface area contributed by atoms with Crippen molar-refractivity contribution in [3.05, 3.63) is 0 Å². The molecule has 90 valence electrons. The molecule has 0 aromatic heterocycles. The number of rotatable bonds is 2. The normalized spacial score (nSPS) is 25.1. The Balaban J connectivity index is 1.89.